The number of nitrogens with zero attached hydrogens (tertiary/aromatic N) is 2. The minimum Gasteiger partial charge on any atom is -0.267 e. The molecule has 1 aromatic heterocycles. The van der Waals surface area contributed by atoms with Gasteiger partial charge >= 0.3 is 0 Å². The lowest BCUT2D eigenvalue weighted by atomic mass is 10.3. The van der Waals surface area contributed by atoms with E-state index in [-0.39, 0.29) is 6.54 Å². The summed E-state index contributed by atoms with van der Waals surface area (Å²) in [6.07, 6.45) is 1.78. The van der Waals surface area contributed by atoms with Crippen LogP contribution in [0.1, 0.15) is 12.5 Å². The molecule has 0 spiro atoms. The van der Waals surface area contributed by atoms with Gasteiger partial charge in [-0.25, -0.2) is 8.78 Å². The Morgan fingerprint density at radius 3 is 2.82 bits per heavy atom. The second kappa shape index (κ2) is 3.46. The highest BCUT2D eigenvalue weighted by atomic mass is 19.3. The van der Waals surface area contributed by atoms with Crippen molar-refractivity contribution < 1.29 is 8.78 Å². The molecule has 0 aliphatic heterocycles. The smallest absolute Gasteiger partial charge is 0.257 e. The van der Waals surface area contributed by atoms with E-state index in [0.29, 0.717) is 0 Å². The third-order valence-corrected chi connectivity index (χ3v) is 1.42. The number of aromatic nitrogens is 2. The maximum Gasteiger partial charge on any atom is 0.257 e. The summed E-state index contributed by atoms with van der Waals surface area (Å²) in [5.74, 6) is 0. The van der Waals surface area contributed by atoms with E-state index in [1.54, 1.807) is 12.4 Å². The minimum absolute atomic E-state index is 0.306. The Labute approximate surface area is 63.8 Å². The number of hydrogen-bond acceptors (Lipinski definition) is 1. The molecule has 4 heteroatoms. The summed E-state index contributed by atoms with van der Waals surface area (Å²) < 4.78 is 24.8. The summed E-state index contributed by atoms with van der Waals surface area (Å²) in [6.45, 7) is 1.66. The van der Waals surface area contributed by atoms with Crippen LogP contribution in [0.25, 0.3) is 0 Å². The Bertz CT molecular complexity index is 220. The van der Waals surface area contributed by atoms with Gasteiger partial charge in [0.15, 0.2) is 0 Å². The Morgan fingerprint density at radius 2 is 2.36 bits per heavy atom. The van der Waals surface area contributed by atoms with Crippen molar-refractivity contribution in [2.24, 2.45) is 0 Å². The van der Waals surface area contributed by atoms with E-state index in [1.807, 2.05) is 6.92 Å². The van der Waals surface area contributed by atoms with Crippen molar-refractivity contribution in [3.05, 3.63) is 18.0 Å². The Morgan fingerprint density at radius 1 is 1.64 bits per heavy atom. The number of halogens is 2. The van der Waals surface area contributed by atoms with Crippen molar-refractivity contribution in [3.63, 3.8) is 0 Å². The summed E-state index contributed by atoms with van der Waals surface area (Å²) in [5, 5.41) is 3.76. The molecule has 1 aromatic rings. The van der Waals surface area contributed by atoms with E-state index in [2.05, 4.69) is 5.10 Å². The third kappa shape index (κ3) is 2.29. The topological polar surface area (TPSA) is 17.8 Å². The van der Waals surface area contributed by atoms with E-state index in [4.69, 9.17) is 0 Å². The third-order valence-electron chi connectivity index (χ3n) is 1.42. The quantitative estimate of drug-likeness (QED) is 0.658. The van der Waals surface area contributed by atoms with Crippen molar-refractivity contribution in [2.75, 3.05) is 0 Å². The van der Waals surface area contributed by atoms with Gasteiger partial charge in [-0.15, -0.1) is 0 Å². The summed E-state index contributed by atoms with van der Waals surface area (Å²) in [5.41, 5.74) is 0.991. The molecule has 0 radical (unpaired) electrons. The second-order valence-electron chi connectivity index (χ2n) is 2.32. The van der Waals surface area contributed by atoms with E-state index >= 15 is 0 Å². The lowest BCUT2D eigenvalue weighted by molar-refractivity contribution is 0.122. The van der Waals surface area contributed by atoms with Crippen molar-refractivity contribution in [1.29, 1.82) is 0 Å². The molecule has 1 rings (SSSR count). The first-order chi connectivity index (χ1) is 5.22. The lowest BCUT2D eigenvalue weighted by Gasteiger charge is -1.97. The molecular weight excluding hydrogens is 150 g/mol. The molecule has 0 unspecified atom stereocenters. The molecule has 0 saturated heterocycles. The zero-order valence-electron chi connectivity index (χ0n) is 6.30. The van der Waals surface area contributed by atoms with Gasteiger partial charge in [-0.05, 0) is 12.0 Å². The van der Waals surface area contributed by atoms with Gasteiger partial charge in [-0.1, -0.05) is 6.92 Å². The summed E-state index contributed by atoms with van der Waals surface area (Å²) in [4.78, 5) is 0. The number of hydrogen-bond donors (Lipinski definition) is 0. The van der Waals surface area contributed by atoms with Crippen molar-refractivity contribution >= 4 is 0 Å². The highest BCUT2D eigenvalue weighted by Gasteiger charge is 2.04. The van der Waals surface area contributed by atoms with Crippen LogP contribution >= 0.6 is 0 Å². The van der Waals surface area contributed by atoms with Gasteiger partial charge in [0.05, 0.1) is 6.20 Å². The predicted octanol–water partition coefficient (Wildman–Crippen LogP) is 1.71. The monoisotopic (exact) mass is 160 g/mol. The number of alkyl halides is 2. The van der Waals surface area contributed by atoms with Gasteiger partial charge in [-0.3, -0.25) is 4.68 Å². The highest BCUT2D eigenvalue weighted by Crippen LogP contribution is 2.01. The molecule has 0 bridgehead atoms. The van der Waals surface area contributed by atoms with Crippen LogP contribution in [-0.4, -0.2) is 16.2 Å². The van der Waals surface area contributed by atoms with Crippen LogP contribution in [0.4, 0.5) is 8.78 Å². The average Bonchev–Trinajstić information content (AvgIpc) is 2.34. The summed E-state index contributed by atoms with van der Waals surface area (Å²) >= 11 is 0. The van der Waals surface area contributed by atoms with Gasteiger partial charge < -0.3 is 0 Å². The fraction of sp³-hybridized carbons (Fsp3) is 0.571. The van der Waals surface area contributed by atoms with Crippen molar-refractivity contribution in [3.8, 4) is 0 Å². The number of rotatable bonds is 3. The first-order valence-electron chi connectivity index (χ1n) is 3.52. The van der Waals surface area contributed by atoms with Gasteiger partial charge in [0, 0.05) is 6.20 Å². The van der Waals surface area contributed by atoms with E-state index in [1.165, 1.54) is 4.68 Å². The van der Waals surface area contributed by atoms with E-state index in [0.717, 1.165) is 12.0 Å². The van der Waals surface area contributed by atoms with Crippen LogP contribution in [0, 0.1) is 0 Å². The predicted molar refractivity (Wildman–Crippen MR) is 37.6 cm³/mol. The molecule has 0 saturated carbocycles. The summed E-state index contributed by atoms with van der Waals surface area (Å²) in [7, 11) is 0. The first kappa shape index (κ1) is 8.17. The van der Waals surface area contributed by atoms with Crippen LogP contribution < -0.4 is 0 Å². The van der Waals surface area contributed by atoms with Crippen LogP contribution in [0.5, 0.6) is 0 Å². The largest absolute Gasteiger partial charge is 0.267 e. The standard InChI is InChI=1S/C7H10F2N2/c1-2-6-3-10-11(4-6)5-7(8)9/h3-4,7H,2,5H2,1H3. The van der Waals surface area contributed by atoms with Gasteiger partial charge in [0.25, 0.3) is 6.43 Å². The average molecular weight is 160 g/mol. The fourth-order valence-electron chi connectivity index (χ4n) is 0.830. The van der Waals surface area contributed by atoms with E-state index in [9.17, 15) is 8.78 Å². The Kier molecular flexibility index (Phi) is 2.57. The normalized spacial score (nSPS) is 10.9. The van der Waals surface area contributed by atoms with Gasteiger partial charge in [-0.2, -0.15) is 5.10 Å². The Balaban J connectivity index is 2.58. The van der Waals surface area contributed by atoms with Gasteiger partial charge in [0.2, 0.25) is 0 Å². The minimum atomic E-state index is -2.32. The van der Waals surface area contributed by atoms with Crippen LogP contribution in [-0.2, 0) is 13.0 Å². The lowest BCUT2D eigenvalue weighted by Crippen LogP contribution is -2.06. The van der Waals surface area contributed by atoms with E-state index < -0.39 is 6.43 Å². The maximum atomic E-state index is 11.8. The zero-order chi connectivity index (χ0) is 8.27. The second-order valence-corrected chi connectivity index (χ2v) is 2.32. The molecule has 0 aromatic carbocycles. The molecule has 62 valence electrons. The molecule has 0 N–H and O–H groups in total. The number of aryl methyl sites for hydroxylation is 1. The molecule has 2 nitrogen and oxygen atoms in total. The molecule has 11 heavy (non-hydrogen) atoms. The van der Waals surface area contributed by atoms with Crippen molar-refractivity contribution in [1.82, 2.24) is 9.78 Å². The summed E-state index contributed by atoms with van der Waals surface area (Å²) in [6, 6.07) is 0. The Hall–Kier alpha value is -0.930. The van der Waals surface area contributed by atoms with Crippen molar-refractivity contribution in [2.45, 2.75) is 26.3 Å². The van der Waals surface area contributed by atoms with Crippen LogP contribution in [0.15, 0.2) is 12.4 Å². The molecule has 1 heterocycles. The van der Waals surface area contributed by atoms with Crippen LogP contribution in [0.3, 0.4) is 0 Å². The fourth-order valence-corrected chi connectivity index (χ4v) is 0.830. The molecule has 0 fully saturated rings. The molecule has 0 amide bonds. The molecule has 0 aliphatic rings. The zero-order valence-corrected chi connectivity index (χ0v) is 6.30. The molecule has 0 aliphatic carbocycles. The highest BCUT2D eigenvalue weighted by molar-refractivity contribution is 5.02. The van der Waals surface area contributed by atoms with Crippen LogP contribution in [0.2, 0.25) is 0 Å². The first-order valence-corrected chi connectivity index (χ1v) is 3.52. The SMILES string of the molecule is CCc1cnn(CC(F)F)c1. The maximum absolute atomic E-state index is 11.8. The molecular formula is C7H10F2N2. The van der Waals surface area contributed by atoms with Gasteiger partial charge in [0.1, 0.15) is 6.54 Å². The molecule has 0 atom stereocenters.